The molecule has 0 fully saturated rings. The van der Waals surface area contributed by atoms with Crippen LogP contribution in [0.15, 0.2) is 72.9 Å². The van der Waals surface area contributed by atoms with E-state index >= 15 is 0 Å². The molecule has 3 aromatic heterocycles. The van der Waals surface area contributed by atoms with Gasteiger partial charge in [0.15, 0.2) is 23.3 Å². The van der Waals surface area contributed by atoms with E-state index in [1.54, 1.807) is 0 Å². The summed E-state index contributed by atoms with van der Waals surface area (Å²) in [6, 6.07) is 7.87. The first kappa shape index (κ1) is 32.7. The third-order valence-corrected chi connectivity index (χ3v) is 12.2. The number of hydrogen-bond donors (Lipinski definition) is 2. The first-order valence-electron chi connectivity index (χ1n) is 18.9. The van der Waals surface area contributed by atoms with Crippen LogP contribution in [0, 0.1) is 29.6 Å². The van der Waals surface area contributed by atoms with Crippen LogP contribution in [0.1, 0.15) is 92.6 Å². The average molecular weight is 715 g/mol. The maximum absolute atomic E-state index is 13.6. The van der Waals surface area contributed by atoms with E-state index in [1.165, 1.54) is 0 Å². The zero-order valence-electron chi connectivity index (χ0n) is 30.3. The molecule has 0 saturated heterocycles. The van der Waals surface area contributed by atoms with Crippen LogP contribution in [0.4, 0.5) is 0 Å². The molecule has 0 aromatic carbocycles. The third-order valence-electron chi connectivity index (χ3n) is 12.2. The lowest BCUT2D eigenvalue weighted by Crippen LogP contribution is -2.28. The molecule has 10 nitrogen and oxygen atoms in total. The Morgan fingerprint density at radius 3 is 2.09 bits per heavy atom. The number of nitrogens with zero attached hydrogens (tertiary/aromatic N) is 4. The van der Waals surface area contributed by atoms with Crippen molar-refractivity contribution in [3.63, 3.8) is 0 Å². The van der Waals surface area contributed by atoms with E-state index in [0.29, 0.717) is 64.7 Å². The van der Waals surface area contributed by atoms with Gasteiger partial charge in [-0.25, -0.2) is 19.9 Å². The Kier molecular flexibility index (Phi) is 7.15. The molecular weight excluding hydrogens is 677 g/mol. The van der Waals surface area contributed by atoms with Crippen LogP contribution in [-0.4, -0.2) is 53.0 Å². The second kappa shape index (κ2) is 11.8. The molecular formula is C44H38N6O4. The molecule has 54 heavy (non-hydrogen) atoms. The zero-order valence-corrected chi connectivity index (χ0v) is 30.3. The number of Topliss-reactive ketones (excluding diaryl/α,β-unsaturated/α-hetero) is 4. The molecule has 3 aromatic rings. The van der Waals surface area contributed by atoms with E-state index in [2.05, 4.69) is 34.8 Å². The smallest absolute Gasteiger partial charge is 0.163 e. The standard InChI is InChI=1S/C44H38N6O4/c1-19-5-9-26(35(53)11-19)29-15-25-16-32-39-22(4)34(52)12-21(3)38(39)42(47-32)49-44-41-27-10-8-24(14-36(27)54)40(41)43(50-44)48-37-17-28(30(46-37)18-31(29)45-25)23-7-6-20(2)33(51)13-23/h5-10,15-21,23-24,26-27,45H,4,11-14H2,1-3H3,(H,46,47,48,49,50). The van der Waals surface area contributed by atoms with Gasteiger partial charge in [-0.1, -0.05) is 63.8 Å². The Bertz CT molecular complexity index is 2650. The predicted octanol–water partition coefficient (Wildman–Crippen LogP) is 7.36. The number of aromatic amines is 2. The molecule has 10 bridgehead atoms. The first-order valence-corrected chi connectivity index (χ1v) is 18.9. The Morgan fingerprint density at radius 1 is 0.611 bits per heavy atom. The quantitative estimate of drug-likeness (QED) is 0.206. The molecule has 6 aliphatic carbocycles. The van der Waals surface area contributed by atoms with Crippen LogP contribution in [0.5, 0.6) is 0 Å². The van der Waals surface area contributed by atoms with Crippen molar-refractivity contribution in [2.75, 3.05) is 0 Å². The van der Waals surface area contributed by atoms with Crippen molar-refractivity contribution in [2.24, 2.45) is 29.6 Å². The van der Waals surface area contributed by atoms with E-state index in [4.69, 9.17) is 19.9 Å². The molecule has 268 valence electrons. The monoisotopic (exact) mass is 714 g/mol. The van der Waals surface area contributed by atoms with Gasteiger partial charge in [-0.3, -0.25) is 19.2 Å². The van der Waals surface area contributed by atoms with Gasteiger partial charge in [0, 0.05) is 87.9 Å². The number of nitrogens with one attached hydrogen (secondary N) is 2. The van der Waals surface area contributed by atoms with Crippen molar-refractivity contribution in [1.82, 2.24) is 29.9 Å². The van der Waals surface area contributed by atoms with Crippen LogP contribution in [0.2, 0.25) is 0 Å². The molecule has 2 aliphatic heterocycles. The van der Waals surface area contributed by atoms with E-state index in [0.717, 1.165) is 38.9 Å². The topological polar surface area (TPSA) is 151 Å². The van der Waals surface area contributed by atoms with Gasteiger partial charge in [0.05, 0.1) is 17.5 Å². The summed E-state index contributed by atoms with van der Waals surface area (Å²) in [7, 11) is 0. The lowest BCUT2D eigenvalue weighted by Gasteiger charge is -2.30. The van der Waals surface area contributed by atoms with Crippen molar-refractivity contribution in [3.05, 3.63) is 107 Å². The number of fused-ring (bicyclic) bond motifs is 11. The van der Waals surface area contributed by atoms with Crippen molar-refractivity contribution in [3.8, 4) is 0 Å². The van der Waals surface area contributed by atoms with Gasteiger partial charge in [0.2, 0.25) is 0 Å². The molecule has 0 saturated carbocycles. The van der Waals surface area contributed by atoms with Gasteiger partial charge < -0.3 is 9.97 Å². The van der Waals surface area contributed by atoms with Gasteiger partial charge in [-0.2, -0.15) is 0 Å². The summed E-state index contributed by atoms with van der Waals surface area (Å²) in [6.45, 7) is 10.2. The van der Waals surface area contributed by atoms with Crippen LogP contribution >= 0.6 is 0 Å². The Balaban J connectivity index is 1.31. The summed E-state index contributed by atoms with van der Waals surface area (Å²) in [4.78, 5) is 80.6. The summed E-state index contributed by atoms with van der Waals surface area (Å²) < 4.78 is 0. The van der Waals surface area contributed by atoms with Crippen molar-refractivity contribution < 1.29 is 19.2 Å². The van der Waals surface area contributed by atoms with Gasteiger partial charge in [-0.05, 0) is 47.2 Å². The molecule has 11 rings (SSSR count). The van der Waals surface area contributed by atoms with Crippen LogP contribution in [-0.2, 0) is 19.2 Å². The van der Waals surface area contributed by atoms with E-state index < -0.39 is 11.8 Å². The molecule has 0 radical (unpaired) electrons. The fourth-order valence-electron chi connectivity index (χ4n) is 9.34. The number of hydrogen-bond acceptors (Lipinski definition) is 8. The highest BCUT2D eigenvalue weighted by molar-refractivity contribution is 6.19. The van der Waals surface area contributed by atoms with Gasteiger partial charge >= 0.3 is 0 Å². The minimum absolute atomic E-state index is 0.0415. The maximum atomic E-state index is 13.6. The fraction of sp³-hybridized carbons (Fsp3) is 0.318. The van der Waals surface area contributed by atoms with Crippen molar-refractivity contribution in [2.45, 2.75) is 58.3 Å². The van der Waals surface area contributed by atoms with E-state index in [1.807, 2.05) is 63.3 Å². The summed E-state index contributed by atoms with van der Waals surface area (Å²) in [5.41, 5.74) is 8.54. The molecule has 7 atom stereocenters. The van der Waals surface area contributed by atoms with Gasteiger partial charge in [0.1, 0.15) is 23.0 Å². The summed E-state index contributed by atoms with van der Waals surface area (Å²) in [5, 5.41) is 0. The molecule has 0 amide bonds. The Labute approximate surface area is 311 Å². The second-order valence-corrected chi connectivity index (χ2v) is 15.9. The Hall–Kier alpha value is -5.90. The number of rotatable bonds is 2. The Morgan fingerprint density at radius 2 is 1.31 bits per heavy atom. The minimum atomic E-state index is -0.480. The first-order chi connectivity index (χ1) is 26.0. The number of H-pyrrole nitrogens is 2. The van der Waals surface area contributed by atoms with Crippen LogP contribution in [0.25, 0.3) is 44.5 Å². The number of carbonyl (C=O) groups excluding carboxylic acids is 4. The minimum Gasteiger partial charge on any atom is -0.355 e. The zero-order chi connectivity index (χ0) is 37.2. The summed E-state index contributed by atoms with van der Waals surface area (Å²) >= 11 is 0. The lowest BCUT2D eigenvalue weighted by atomic mass is 9.71. The third kappa shape index (κ3) is 4.99. The number of aromatic nitrogens is 6. The SMILES string of the molecule is C=C1C(=O)CC(C)C2=C1c1cc3cc(C4C=CC(C)CC4=O)c(cc4[nH]c(cc4C4C=CC(C)C(=O)C4)nc4nc(nc2n1)C1=C4C2C=CC1C(=O)C2)[nH]3. The molecule has 7 unspecified atom stereocenters. The van der Waals surface area contributed by atoms with Crippen molar-refractivity contribution in [1.29, 1.82) is 0 Å². The summed E-state index contributed by atoms with van der Waals surface area (Å²) in [6.07, 6.45) is 13.6. The molecule has 0 spiro atoms. The van der Waals surface area contributed by atoms with Gasteiger partial charge in [-0.15, -0.1) is 0 Å². The highest BCUT2D eigenvalue weighted by atomic mass is 16.1. The van der Waals surface area contributed by atoms with Crippen LogP contribution in [0.3, 0.4) is 0 Å². The highest BCUT2D eigenvalue weighted by Gasteiger charge is 2.44. The number of ketones is 4. The van der Waals surface area contributed by atoms with Crippen molar-refractivity contribution >= 4 is 67.6 Å². The molecule has 8 aliphatic rings. The summed E-state index contributed by atoms with van der Waals surface area (Å²) in [5.74, 6) is 0.251. The highest BCUT2D eigenvalue weighted by Crippen LogP contribution is 2.50. The number of carbonyl (C=O) groups is 4. The molecule has 2 N–H and O–H groups in total. The normalized spacial score (nSPS) is 28.7. The van der Waals surface area contributed by atoms with E-state index in [9.17, 15) is 19.2 Å². The van der Waals surface area contributed by atoms with Crippen LogP contribution < -0.4 is 0 Å². The lowest BCUT2D eigenvalue weighted by molar-refractivity contribution is -0.122. The molecule has 10 heteroatoms. The average Bonchev–Trinajstić information content (AvgIpc) is 3.90. The second-order valence-electron chi connectivity index (χ2n) is 15.9. The maximum Gasteiger partial charge on any atom is 0.163 e. The van der Waals surface area contributed by atoms with E-state index in [-0.39, 0.29) is 59.1 Å². The fourth-order valence-corrected chi connectivity index (χ4v) is 9.34. The molecule has 5 heterocycles. The number of allylic oxidation sites excluding steroid dienone is 11. The van der Waals surface area contributed by atoms with Gasteiger partial charge in [0.25, 0.3) is 0 Å². The largest absolute Gasteiger partial charge is 0.355 e. The predicted molar refractivity (Wildman–Crippen MR) is 205 cm³/mol.